The number of imidazole rings is 1. The van der Waals surface area contributed by atoms with E-state index in [1.807, 2.05) is 4.90 Å². The zero-order chi connectivity index (χ0) is 18.0. The summed E-state index contributed by atoms with van der Waals surface area (Å²) < 4.78 is 26.4. The number of hydrogen-bond donors (Lipinski definition) is 0. The van der Waals surface area contributed by atoms with Crippen molar-refractivity contribution in [1.29, 1.82) is 0 Å². The lowest BCUT2D eigenvalue weighted by Gasteiger charge is -2.35. The fourth-order valence-corrected chi connectivity index (χ4v) is 3.04. The highest BCUT2D eigenvalue weighted by molar-refractivity contribution is 5.82. The summed E-state index contributed by atoms with van der Waals surface area (Å²) in [6.45, 7) is -0.149. The van der Waals surface area contributed by atoms with Crippen LogP contribution in [0.2, 0.25) is 0 Å². The van der Waals surface area contributed by atoms with Crippen molar-refractivity contribution in [3.05, 3.63) is 18.2 Å². The van der Waals surface area contributed by atoms with Gasteiger partial charge in [-0.1, -0.05) is 0 Å². The van der Waals surface area contributed by atoms with Gasteiger partial charge in [0.25, 0.3) is 0 Å². The smallest absolute Gasteiger partial charge is 0.319 e. The number of aromatic nitrogens is 2. The van der Waals surface area contributed by atoms with E-state index < -0.39 is 6.55 Å². The third-order valence-corrected chi connectivity index (χ3v) is 4.65. The molecule has 2 fully saturated rings. The summed E-state index contributed by atoms with van der Waals surface area (Å²) in [5, 5.41) is 0. The average molecular weight is 355 g/mol. The van der Waals surface area contributed by atoms with Crippen molar-refractivity contribution in [2.24, 2.45) is 5.92 Å². The van der Waals surface area contributed by atoms with Gasteiger partial charge in [0, 0.05) is 44.5 Å². The lowest BCUT2D eigenvalue weighted by atomic mass is 10.2. The SMILES string of the molecule is CN(CC(=O)N1CCN(C(=O)C2CC2)CC1)Cc1nccn1C(F)F. The Hall–Kier alpha value is -2.03. The molecule has 2 aliphatic rings. The van der Waals surface area contributed by atoms with Gasteiger partial charge in [-0.25, -0.2) is 4.98 Å². The molecule has 0 N–H and O–H groups in total. The third kappa shape index (κ3) is 4.33. The largest absolute Gasteiger partial charge is 0.339 e. The van der Waals surface area contributed by atoms with Gasteiger partial charge in [0.05, 0.1) is 13.1 Å². The maximum Gasteiger partial charge on any atom is 0.319 e. The van der Waals surface area contributed by atoms with Crippen LogP contribution >= 0.6 is 0 Å². The third-order valence-electron chi connectivity index (χ3n) is 4.65. The molecule has 0 spiro atoms. The lowest BCUT2D eigenvalue weighted by Crippen LogP contribution is -2.52. The van der Waals surface area contributed by atoms with Gasteiger partial charge in [0.2, 0.25) is 11.8 Å². The van der Waals surface area contributed by atoms with E-state index in [0.717, 1.165) is 17.4 Å². The van der Waals surface area contributed by atoms with Crippen LogP contribution < -0.4 is 0 Å². The fraction of sp³-hybridized carbons (Fsp3) is 0.688. The Labute approximate surface area is 145 Å². The van der Waals surface area contributed by atoms with Gasteiger partial charge in [0.15, 0.2) is 0 Å². The fourth-order valence-electron chi connectivity index (χ4n) is 3.04. The number of carbonyl (C=O) groups excluding carboxylic acids is 2. The molecule has 0 unspecified atom stereocenters. The molecular formula is C16H23F2N5O2. The van der Waals surface area contributed by atoms with E-state index in [-0.39, 0.29) is 36.6 Å². The molecule has 2 amide bonds. The number of carbonyl (C=O) groups is 2. The first kappa shape index (κ1) is 17.8. The first-order chi connectivity index (χ1) is 12.0. The maximum absolute atomic E-state index is 12.8. The molecule has 9 heteroatoms. The van der Waals surface area contributed by atoms with Gasteiger partial charge in [-0.3, -0.25) is 19.1 Å². The van der Waals surface area contributed by atoms with Crippen molar-refractivity contribution in [3.63, 3.8) is 0 Å². The molecule has 1 saturated carbocycles. The Morgan fingerprint density at radius 3 is 2.48 bits per heavy atom. The van der Waals surface area contributed by atoms with Gasteiger partial charge in [0.1, 0.15) is 5.82 Å². The Bertz CT molecular complexity index is 624. The second kappa shape index (κ2) is 7.47. The Morgan fingerprint density at radius 1 is 1.24 bits per heavy atom. The Balaban J connectivity index is 1.45. The number of likely N-dealkylation sites (N-methyl/N-ethyl adjacent to an activating group) is 1. The van der Waals surface area contributed by atoms with E-state index in [9.17, 15) is 18.4 Å². The summed E-state index contributed by atoms with van der Waals surface area (Å²) >= 11 is 0. The van der Waals surface area contributed by atoms with Crippen LogP contribution in [0.4, 0.5) is 8.78 Å². The predicted molar refractivity (Wildman–Crippen MR) is 85.7 cm³/mol. The van der Waals surface area contributed by atoms with Crippen LogP contribution in [-0.2, 0) is 16.1 Å². The summed E-state index contributed by atoms with van der Waals surface area (Å²) in [5.41, 5.74) is 0. The molecule has 1 aromatic heterocycles. The zero-order valence-corrected chi connectivity index (χ0v) is 14.3. The molecule has 1 aliphatic heterocycles. The van der Waals surface area contributed by atoms with Crippen LogP contribution in [-0.4, -0.2) is 75.8 Å². The molecule has 0 bridgehead atoms. The van der Waals surface area contributed by atoms with Crippen LogP contribution in [0.5, 0.6) is 0 Å². The summed E-state index contributed by atoms with van der Waals surface area (Å²) in [6.07, 6.45) is 4.52. The minimum Gasteiger partial charge on any atom is -0.339 e. The second-order valence-corrected chi connectivity index (χ2v) is 6.68. The van der Waals surface area contributed by atoms with Crippen LogP contribution in [0.3, 0.4) is 0 Å². The van der Waals surface area contributed by atoms with Gasteiger partial charge in [-0.05, 0) is 19.9 Å². The number of halogens is 2. The summed E-state index contributed by atoms with van der Waals surface area (Å²) in [6, 6.07) is 0. The van der Waals surface area contributed by atoms with E-state index >= 15 is 0 Å². The van der Waals surface area contributed by atoms with Crippen LogP contribution in [0.1, 0.15) is 25.2 Å². The molecule has 3 rings (SSSR count). The molecular weight excluding hydrogens is 332 g/mol. The number of alkyl halides is 2. The highest BCUT2D eigenvalue weighted by Crippen LogP contribution is 2.31. The van der Waals surface area contributed by atoms with E-state index in [0.29, 0.717) is 26.2 Å². The average Bonchev–Trinajstić information content (AvgIpc) is 3.33. The zero-order valence-electron chi connectivity index (χ0n) is 14.3. The number of rotatable bonds is 6. The van der Waals surface area contributed by atoms with E-state index in [2.05, 4.69) is 4.98 Å². The van der Waals surface area contributed by atoms with Crippen molar-refractivity contribution in [1.82, 2.24) is 24.3 Å². The van der Waals surface area contributed by atoms with Crippen molar-refractivity contribution >= 4 is 11.8 Å². The van der Waals surface area contributed by atoms with Crippen molar-refractivity contribution < 1.29 is 18.4 Å². The number of hydrogen-bond acceptors (Lipinski definition) is 4. The highest BCUT2D eigenvalue weighted by atomic mass is 19.3. The van der Waals surface area contributed by atoms with Crippen LogP contribution in [0.25, 0.3) is 0 Å². The van der Waals surface area contributed by atoms with E-state index in [1.54, 1.807) is 16.8 Å². The monoisotopic (exact) mass is 355 g/mol. The Kier molecular flexibility index (Phi) is 5.31. The minimum absolute atomic E-state index is 0.0591. The molecule has 0 atom stereocenters. The molecule has 2 heterocycles. The number of piperazine rings is 1. The van der Waals surface area contributed by atoms with Crippen LogP contribution in [0, 0.1) is 5.92 Å². The van der Waals surface area contributed by atoms with Crippen molar-refractivity contribution in [2.45, 2.75) is 25.9 Å². The molecule has 25 heavy (non-hydrogen) atoms. The summed E-state index contributed by atoms with van der Waals surface area (Å²) in [7, 11) is 1.70. The second-order valence-electron chi connectivity index (χ2n) is 6.68. The summed E-state index contributed by atoms with van der Waals surface area (Å²) in [5.74, 6) is 0.580. The normalized spacial score (nSPS) is 18.3. The van der Waals surface area contributed by atoms with Crippen LogP contribution in [0.15, 0.2) is 12.4 Å². The Morgan fingerprint density at radius 2 is 1.88 bits per heavy atom. The summed E-state index contributed by atoms with van der Waals surface area (Å²) in [4.78, 5) is 33.6. The topological polar surface area (TPSA) is 61.7 Å². The van der Waals surface area contributed by atoms with E-state index in [4.69, 9.17) is 0 Å². The highest BCUT2D eigenvalue weighted by Gasteiger charge is 2.35. The van der Waals surface area contributed by atoms with Gasteiger partial charge < -0.3 is 9.80 Å². The molecule has 1 aromatic rings. The first-order valence-corrected chi connectivity index (χ1v) is 8.50. The minimum atomic E-state index is -2.64. The molecule has 1 aliphatic carbocycles. The number of nitrogens with zero attached hydrogens (tertiary/aromatic N) is 5. The van der Waals surface area contributed by atoms with Gasteiger partial charge in [-0.2, -0.15) is 8.78 Å². The lowest BCUT2D eigenvalue weighted by molar-refractivity contribution is -0.140. The van der Waals surface area contributed by atoms with Crippen molar-refractivity contribution in [2.75, 3.05) is 39.8 Å². The first-order valence-electron chi connectivity index (χ1n) is 8.50. The quantitative estimate of drug-likeness (QED) is 0.757. The van der Waals surface area contributed by atoms with E-state index in [1.165, 1.54) is 12.4 Å². The molecule has 7 nitrogen and oxygen atoms in total. The predicted octanol–water partition coefficient (Wildman–Crippen LogP) is 0.791. The van der Waals surface area contributed by atoms with Gasteiger partial charge in [-0.15, -0.1) is 0 Å². The molecule has 138 valence electrons. The maximum atomic E-state index is 12.8. The van der Waals surface area contributed by atoms with Gasteiger partial charge >= 0.3 is 6.55 Å². The molecule has 0 aromatic carbocycles. The van der Waals surface area contributed by atoms with Crippen molar-refractivity contribution in [3.8, 4) is 0 Å². The molecule has 0 radical (unpaired) electrons. The molecule has 1 saturated heterocycles. The number of amides is 2. The standard InChI is InChI=1S/C16H23F2N5O2/c1-20(10-13-19-4-5-23(13)16(17)18)11-14(24)21-6-8-22(9-7-21)15(25)12-2-3-12/h4-5,12,16H,2-3,6-11H2,1H3.